The van der Waals surface area contributed by atoms with Crippen LogP contribution < -0.4 is 5.32 Å². The van der Waals surface area contributed by atoms with Crippen molar-refractivity contribution in [3.8, 4) is 0 Å². The third kappa shape index (κ3) is 5.31. The summed E-state index contributed by atoms with van der Waals surface area (Å²) in [7, 11) is 0. The number of carbonyl (C=O) groups excluding carboxylic acids is 2. The third-order valence-electron chi connectivity index (χ3n) is 5.87. The maximum Gasteiger partial charge on any atom is 0.262 e. The number of hydrogen-bond acceptors (Lipinski definition) is 5. The Morgan fingerprint density at radius 2 is 1.86 bits per heavy atom. The Kier molecular flexibility index (Phi) is 6.70. The summed E-state index contributed by atoms with van der Waals surface area (Å²) < 4.78 is 0. The number of hydrazone groups is 1. The summed E-state index contributed by atoms with van der Waals surface area (Å²) in [5, 5.41) is 10.1. The molecule has 2 unspecified atom stereocenters. The molecular weight excluding hydrogens is 480 g/mol. The number of thioether (sulfide) groups is 1. The molecule has 35 heavy (non-hydrogen) atoms. The van der Waals surface area contributed by atoms with E-state index in [0.29, 0.717) is 22.3 Å². The average Bonchev–Trinajstić information content (AvgIpc) is 3.44. The van der Waals surface area contributed by atoms with Crippen LogP contribution in [0.4, 0.5) is 5.69 Å². The second kappa shape index (κ2) is 10.1. The van der Waals surface area contributed by atoms with E-state index in [4.69, 9.17) is 16.7 Å². The number of aliphatic imine (C=N–C) groups is 1. The van der Waals surface area contributed by atoms with Crippen LogP contribution in [0.1, 0.15) is 35.6 Å². The van der Waals surface area contributed by atoms with Crippen molar-refractivity contribution in [2.75, 3.05) is 5.32 Å². The predicted octanol–water partition coefficient (Wildman–Crippen LogP) is 5.83. The molecule has 3 aromatic rings. The minimum Gasteiger partial charge on any atom is -0.326 e. The molecule has 2 amide bonds. The highest BCUT2D eigenvalue weighted by Crippen LogP contribution is 2.38. The molecule has 0 radical (unpaired) electrons. The van der Waals surface area contributed by atoms with Crippen LogP contribution in [0.3, 0.4) is 0 Å². The first-order valence-electron chi connectivity index (χ1n) is 11.3. The lowest BCUT2D eigenvalue weighted by Crippen LogP contribution is -2.25. The molecule has 2 aliphatic rings. The molecule has 5 rings (SSSR count). The molecule has 0 saturated heterocycles. The number of amides is 2. The summed E-state index contributed by atoms with van der Waals surface area (Å²) in [6.07, 6.45) is 0.708. The molecule has 6 nitrogen and oxygen atoms in total. The van der Waals surface area contributed by atoms with Crippen molar-refractivity contribution in [2.45, 2.75) is 31.1 Å². The molecule has 0 saturated carbocycles. The highest BCUT2D eigenvalue weighted by molar-refractivity contribution is 8.15. The standard InChI is InChI=1S/C27H23ClN4O2S/c1-17-6-5-9-21(14-17)29-25(33)16-24-26(34)30-27(35-24)32-23(19-7-3-2-4-8-19)15-22(31-32)18-10-12-20(28)13-11-18/h2-14,23-24H,15-16H2,1H3,(H,29,33). The number of amidine groups is 1. The lowest BCUT2D eigenvalue weighted by Gasteiger charge is -2.23. The fraction of sp³-hybridized carbons (Fsp3) is 0.185. The van der Waals surface area contributed by atoms with E-state index in [-0.39, 0.29) is 24.3 Å². The number of benzene rings is 3. The van der Waals surface area contributed by atoms with Crippen molar-refractivity contribution >= 4 is 51.7 Å². The molecule has 8 heteroatoms. The Labute approximate surface area is 213 Å². The number of hydrogen-bond donors (Lipinski definition) is 1. The molecule has 1 N–H and O–H groups in total. The Morgan fingerprint density at radius 1 is 1.09 bits per heavy atom. The van der Waals surface area contributed by atoms with E-state index in [0.717, 1.165) is 22.4 Å². The first-order chi connectivity index (χ1) is 17.0. The third-order valence-corrected chi connectivity index (χ3v) is 7.26. The molecule has 0 spiro atoms. The van der Waals surface area contributed by atoms with Crippen molar-refractivity contribution in [2.24, 2.45) is 10.1 Å². The van der Waals surface area contributed by atoms with E-state index >= 15 is 0 Å². The zero-order chi connectivity index (χ0) is 24.4. The van der Waals surface area contributed by atoms with Gasteiger partial charge in [0.2, 0.25) is 5.91 Å². The molecule has 2 atom stereocenters. The molecule has 176 valence electrons. The van der Waals surface area contributed by atoms with Gasteiger partial charge in [0, 0.05) is 23.6 Å². The molecule has 0 aromatic heterocycles. The Bertz CT molecular complexity index is 1320. The van der Waals surface area contributed by atoms with Gasteiger partial charge in [0.05, 0.1) is 11.8 Å². The van der Waals surface area contributed by atoms with Gasteiger partial charge in [-0.1, -0.05) is 78.0 Å². The number of carbonyl (C=O) groups is 2. The first-order valence-corrected chi connectivity index (χ1v) is 12.6. The van der Waals surface area contributed by atoms with Crippen molar-refractivity contribution in [3.05, 3.63) is 101 Å². The quantitative estimate of drug-likeness (QED) is 0.476. The summed E-state index contributed by atoms with van der Waals surface area (Å²) in [6, 6.07) is 25.1. The largest absolute Gasteiger partial charge is 0.326 e. The van der Waals surface area contributed by atoms with Crippen molar-refractivity contribution < 1.29 is 9.59 Å². The highest BCUT2D eigenvalue weighted by Gasteiger charge is 2.39. The monoisotopic (exact) mass is 502 g/mol. The molecular formula is C27H23ClN4O2S. The fourth-order valence-corrected chi connectivity index (χ4v) is 5.33. The van der Waals surface area contributed by atoms with Crippen molar-refractivity contribution in [1.82, 2.24) is 5.01 Å². The lowest BCUT2D eigenvalue weighted by atomic mass is 9.99. The number of anilines is 1. The first kappa shape index (κ1) is 23.3. The molecule has 0 bridgehead atoms. The van der Waals surface area contributed by atoms with Gasteiger partial charge in [0.25, 0.3) is 5.91 Å². The van der Waals surface area contributed by atoms with Gasteiger partial charge in [-0.05, 0) is 47.9 Å². The number of aryl methyl sites for hydroxylation is 1. The molecule has 0 aliphatic carbocycles. The predicted molar refractivity (Wildman–Crippen MR) is 142 cm³/mol. The van der Waals surface area contributed by atoms with Crippen molar-refractivity contribution in [3.63, 3.8) is 0 Å². The number of nitrogens with zero attached hydrogens (tertiary/aromatic N) is 3. The highest BCUT2D eigenvalue weighted by atomic mass is 35.5. The van der Waals surface area contributed by atoms with Gasteiger partial charge < -0.3 is 5.32 Å². The zero-order valence-corrected chi connectivity index (χ0v) is 20.6. The van der Waals surface area contributed by atoms with E-state index in [9.17, 15) is 9.59 Å². The topological polar surface area (TPSA) is 74.1 Å². The zero-order valence-electron chi connectivity index (χ0n) is 19.0. The van der Waals surface area contributed by atoms with Crippen LogP contribution in [-0.4, -0.2) is 33.0 Å². The summed E-state index contributed by atoms with van der Waals surface area (Å²) in [5.41, 5.74) is 4.72. The van der Waals surface area contributed by atoms with Gasteiger partial charge >= 0.3 is 0 Å². The number of halogens is 1. The van der Waals surface area contributed by atoms with E-state index in [1.54, 1.807) is 0 Å². The maximum absolute atomic E-state index is 12.7. The van der Waals surface area contributed by atoms with Crippen LogP contribution in [-0.2, 0) is 9.59 Å². The van der Waals surface area contributed by atoms with E-state index in [2.05, 4.69) is 10.3 Å². The average molecular weight is 503 g/mol. The SMILES string of the molecule is Cc1cccc(NC(=O)CC2SC(N3N=C(c4ccc(Cl)cc4)CC3c3ccccc3)=NC2=O)c1. The number of rotatable bonds is 5. The van der Waals surface area contributed by atoms with Crippen LogP contribution in [0.2, 0.25) is 5.02 Å². The van der Waals surface area contributed by atoms with Gasteiger partial charge in [0.15, 0.2) is 5.17 Å². The Hall–Kier alpha value is -3.42. The molecule has 3 aromatic carbocycles. The summed E-state index contributed by atoms with van der Waals surface area (Å²) in [4.78, 5) is 29.7. The maximum atomic E-state index is 12.7. The van der Waals surface area contributed by atoms with Gasteiger partial charge in [-0.2, -0.15) is 10.1 Å². The fourth-order valence-electron chi connectivity index (χ4n) is 4.15. The van der Waals surface area contributed by atoms with Crippen LogP contribution >= 0.6 is 23.4 Å². The van der Waals surface area contributed by atoms with Crippen LogP contribution in [0.25, 0.3) is 0 Å². The van der Waals surface area contributed by atoms with Gasteiger partial charge in [0.1, 0.15) is 5.25 Å². The van der Waals surface area contributed by atoms with E-state index < -0.39 is 5.25 Å². The molecule has 0 fully saturated rings. The number of nitrogens with one attached hydrogen (secondary N) is 1. The van der Waals surface area contributed by atoms with E-state index in [1.807, 2.05) is 90.8 Å². The Balaban J connectivity index is 1.34. The molecule has 2 heterocycles. The van der Waals surface area contributed by atoms with Crippen LogP contribution in [0, 0.1) is 6.92 Å². The molecule has 2 aliphatic heterocycles. The van der Waals surface area contributed by atoms with Gasteiger partial charge in [-0.15, -0.1) is 0 Å². The van der Waals surface area contributed by atoms with Crippen molar-refractivity contribution in [1.29, 1.82) is 0 Å². The Morgan fingerprint density at radius 3 is 2.60 bits per heavy atom. The second-order valence-electron chi connectivity index (χ2n) is 8.49. The van der Waals surface area contributed by atoms with Crippen LogP contribution in [0.5, 0.6) is 0 Å². The minimum absolute atomic E-state index is 0.0437. The minimum atomic E-state index is -0.582. The van der Waals surface area contributed by atoms with Gasteiger partial charge in [-0.3, -0.25) is 9.59 Å². The smallest absolute Gasteiger partial charge is 0.262 e. The summed E-state index contributed by atoms with van der Waals surface area (Å²) in [5.74, 6) is -0.532. The summed E-state index contributed by atoms with van der Waals surface area (Å²) >= 11 is 7.36. The lowest BCUT2D eigenvalue weighted by molar-refractivity contribution is -0.121. The van der Waals surface area contributed by atoms with Gasteiger partial charge in [-0.25, -0.2) is 5.01 Å². The van der Waals surface area contributed by atoms with Crippen LogP contribution in [0.15, 0.2) is 89.0 Å². The summed E-state index contributed by atoms with van der Waals surface area (Å²) in [6.45, 7) is 1.96. The van der Waals surface area contributed by atoms with E-state index in [1.165, 1.54) is 11.8 Å². The normalized spacial score (nSPS) is 19.5. The second-order valence-corrected chi connectivity index (χ2v) is 10.1.